The molecule has 0 spiro atoms. The highest BCUT2D eigenvalue weighted by Crippen LogP contribution is 2.34. The van der Waals surface area contributed by atoms with E-state index in [1.165, 1.54) is 5.56 Å². The lowest BCUT2D eigenvalue weighted by Crippen LogP contribution is -2.26. The van der Waals surface area contributed by atoms with Gasteiger partial charge in [-0.2, -0.15) is 0 Å². The van der Waals surface area contributed by atoms with E-state index in [2.05, 4.69) is 40.6 Å². The van der Waals surface area contributed by atoms with E-state index in [0.29, 0.717) is 23.2 Å². The first-order valence-electron chi connectivity index (χ1n) is 9.13. The Morgan fingerprint density at radius 2 is 1.88 bits per heavy atom. The number of rotatable bonds is 5. The van der Waals surface area contributed by atoms with E-state index in [1.807, 2.05) is 13.0 Å². The highest BCUT2D eigenvalue weighted by atomic mass is 16.4. The molecule has 132 valence electrons. The maximum atomic E-state index is 11.6. The van der Waals surface area contributed by atoms with E-state index in [0.717, 1.165) is 43.5 Å². The quantitative estimate of drug-likeness (QED) is 0.823. The molecule has 1 fully saturated rings. The average molecular weight is 338 g/mol. The zero-order valence-corrected chi connectivity index (χ0v) is 15.0. The van der Waals surface area contributed by atoms with Crippen LogP contribution in [0.2, 0.25) is 0 Å². The Labute approximate surface area is 149 Å². The second-order valence-electron chi connectivity index (χ2n) is 6.88. The fraction of sp³-hybridized carbons (Fsp3) is 0.429. The van der Waals surface area contributed by atoms with Crippen molar-refractivity contribution in [3.8, 4) is 0 Å². The molecule has 3 rings (SSSR count). The number of nitrogens with one attached hydrogen (secondary N) is 1. The van der Waals surface area contributed by atoms with Crippen molar-refractivity contribution in [1.29, 1.82) is 0 Å². The van der Waals surface area contributed by atoms with E-state index in [9.17, 15) is 9.90 Å². The molecule has 1 heterocycles. The van der Waals surface area contributed by atoms with E-state index in [-0.39, 0.29) is 0 Å². The third kappa shape index (κ3) is 4.01. The number of hydrogen-bond donors (Lipinski definition) is 2. The van der Waals surface area contributed by atoms with Gasteiger partial charge in [0, 0.05) is 11.7 Å². The molecule has 4 nitrogen and oxygen atoms in total. The topological polar surface area (TPSA) is 62.2 Å². The predicted molar refractivity (Wildman–Crippen MR) is 100 cm³/mol. The van der Waals surface area contributed by atoms with Crippen molar-refractivity contribution in [3.63, 3.8) is 0 Å². The minimum Gasteiger partial charge on any atom is -0.478 e. The number of carboxylic acids is 1. The Balaban J connectivity index is 1.71. The van der Waals surface area contributed by atoms with Gasteiger partial charge < -0.3 is 10.4 Å². The number of pyridine rings is 1. The number of anilines is 1. The second-order valence-corrected chi connectivity index (χ2v) is 6.88. The van der Waals surface area contributed by atoms with Crippen LogP contribution >= 0.6 is 0 Å². The highest BCUT2D eigenvalue weighted by Gasteiger charge is 2.24. The second kappa shape index (κ2) is 7.68. The first kappa shape index (κ1) is 17.5. The molecule has 1 aromatic heterocycles. The third-order valence-electron chi connectivity index (χ3n) is 5.19. The molecular formula is C21H26N2O2. The minimum atomic E-state index is -0.909. The molecule has 0 amide bonds. The van der Waals surface area contributed by atoms with Crippen LogP contribution in [0.25, 0.3) is 0 Å². The van der Waals surface area contributed by atoms with Crippen LogP contribution in [0.5, 0.6) is 0 Å². The van der Waals surface area contributed by atoms with Crippen LogP contribution in [0.4, 0.5) is 5.69 Å². The lowest BCUT2D eigenvalue weighted by Gasteiger charge is -2.30. The standard InChI is InChI=1S/C21H26N2O2/c1-3-17-13-19(20(21(24)25)14(2)22-17)23-18-11-9-16(10-12-18)15-7-5-4-6-8-15/h4-8,13,16,18H,3,9-12H2,1-2H3,(H,22,23)(H,24,25)/t16-,18+. The van der Waals surface area contributed by atoms with Crippen molar-refractivity contribution >= 4 is 11.7 Å². The summed E-state index contributed by atoms with van der Waals surface area (Å²) in [5.41, 5.74) is 3.97. The summed E-state index contributed by atoms with van der Waals surface area (Å²) in [6, 6.07) is 12.9. The first-order chi connectivity index (χ1) is 12.1. The van der Waals surface area contributed by atoms with Crippen LogP contribution < -0.4 is 5.32 Å². The van der Waals surface area contributed by atoms with Gasteiger partial charge in [0.15, 0.2) is 0 Å². The largest absolute Gasteiger partial charge is 0.478 e. The molecule has 0 saturated heterocycles. The van der Waals surface area contributed by atoms with Gasteiger partial charge in [0.1, 0.15) is 5.56 Å². The van der Waals surface area contributed by atoms with Crippen LogP contribution in [-0.2, 0) is 6.42 Å². The van der Waals surface area contributed by atoms with Crippen LogP contribution in [0, 0.1) is 6.92 Å². The number of benzene rings is 1. The summed E-state index contributed by atoms with van der Waals surface area (Å²) >= 11 is 0. The Morgan fingerprint density at radius 3 is 2.48 bits per heavy atom. The fourth-order valence-electron chi connectivity index (χ4n) is 3.82. The zero-order chi connectivity index (χ0) is 17.8. The monoisotopic (exact) mass is 338 g/mol. The van der Waals surface area contributed by atoms with E-state index < -0.39 is 5.97 Å². The summed E-state index contributed by atoms with van der Waals surface area (Å²) in [4.78, 5) is 16.0. The molecule has 1 aliphatic carbocycles. The van der Waals surface area contributed by atoms with Crippen molar-refractivity contribution in [2.45, 2.75) is 57.9 Å². The molecular weight excluding hydrogens is 312 g/mol. The van der Waals surface area contributed by atoms with Crippen molar-refractivity contribution in [1.82, 2.24) is 4.98 Å². The van der Waals surface area contributed by atoms with Crippen LogP contribution in [0.15, 0.2) is 36.4 Å². The minimum absolute atomic E-state index is 0.308. The third-order valence-corrected chi connectivity index (χ3v) is 5.19. The van der Waals surface area contributed by atoms with Gasteiger partial charge >= 0.3 is 5.97 Å². The van der Waals surface area contributed by atoms with E-state index in [1.54, 1.807) is 6.92 Å². The maximum absolute atomic E-state index is 11.6. The Kier molecular flexibility index (Phi) is 5.37. The molecule has 2 N–H and O–H groups in total. The van der Waals surface area contributed by atoms with Gasteiger partial charge in [-0.15, -0.1) is 0 Å². The summed E-state index contributed by atoms with van der Waals surface area (Å²) < 4.78 is 0. The van der Waals surface area contributed by atoms with E-state index >= 15 is 0 Å². The molecule has 0 aliphatic heterocycles. The first-order valence-corrected chi connectivity index (χ1v) is 9.13. The number of aryl methyl sites for hydroxylation is 2. The lowest BCUT2D eigenvalue weighted by atomic mass is 9.81. The molecule has 1 aliphatic rings. The smallest absolute Gasteiger partial charge is 0.339 e. The van der Waals surface area contributed by atoms with Crippen LogP contribution in [-0.4, -0.2) is 22.1 Å². The number of hydrogen-bond acceptors (Lipinski definition) is 3. The highest BCUT2D eigenvalue weighted by molar-refractivity contribution is 5.95. The van der Waals surface area contributed by atoms with Gasteiger partial charge in [0.05, 0.1) is 11.4 Å². The van der Waals surface area contributed by atoms with Crippen molar-refractivity contribution < 1.29 is 9.90 Å². The molecule has 1 saturated carbocycles. The van der Waals surface area contributed by atoms with E-state index in [4.69, 9.17) is 0 Å². The lowest BCUT2D eigenvalue weighted by molar-refractivity contribution is 0.0696. The Morgan fingerprint density at radius 1 is 1.20 bits per heavy atom. The van der Waals surface area contributed by atoms with Gasteiger partial charge in [0.25, 0.3) is 0 Å². The zero-order valence-electron chi connectivity index (χ0n) is 15.0. The van der Waals surface area contributed by atoms with Crippen molar-refractivity contribution in [2.24, 2.45) is 0 Å². The Bertz CT molecular complexity index is 735. The number of aromatic carboxylic acids is 1. The molecule has 0 radical (unpaired) electrons. The molecule has 25 heavy (non-hydrogen) atoms. The SMILES string of the molecule is CCc1cc(N[C@H]2CC[C@@H](c3ccccc3)CC2)c(C(=O)O)c(C)n1. The van der Waals surface area contributed by atoms with Gasteiger partial charge in [-0.3, -0.25) is 4.98 Å². The number of aromatic nitrogens is 1. The van der Waals surface area contributed by atoms with Crippen LogP contribution in [0.1, 0.15) is 65.8 Å². The summed E-state index contributed by atoms with van der Waals surface area (Å²) in [6.45, 7) is 3.82. The number of carboxylic acid groups (broad SMARTS) is 1. The maximum Gasteiger partial charge on any atom is 0.339 e. The van der Waals surface area contributed by atoms with Gasteiger partial charge in [-0.05, 0) is 56.6 Å². The number of nitrogens with zero attached hydrogens (tertiary/aromatic N) is 1. The molecule has 4 heteroatoms. The van der Waals surface area contributed by atoms with Gasteiger partial charge in [0.2, 0.25) is 0 Å². The van der Waals surface area contributed by atoms with Gasteiger partial charge in [-0.1, -0.05) is 37.3 Å². The Hall–Kier alpha value is -2.36. The fourth-order valence-corrected chi connectivity index (χ4v) is 3.82. The predicted octanol–water partition coefficient (Wildman–Crippen LogP) is 4.79. The molecule has 2 aromatic rings. The van der Waals surface area contributed by atoms with Gasteiger partial charge in [-0.25, -0.2) is 4.79 Å². The summed E-state index contributed by atoms with van der Waals surface area (Å²) in [5.74, 6) is -0.295. The number of carbonyl (C=O) groups is 1. The van der Waals surface area contributed by atoms with Crippen LogP contribution in [0.3, 0.4) is 0 Å². The summed E-state index contributed by atoms with van der Waals surface area (Å²) in [7, 11) is 0. The average Bonchev–Trinajstić information content (AvgIpc) is 2.62. The van der Waals surface area contributed by atoms with Crippen molar-refractivity contribution in [3.05, 3.63) is 58.9 Å². The molecule has 1 aromatic carbocycles. The molecule has 0 atom stereocenters. The molecule has 0 unspecified atom stereocenters. The summed E-state index contributed by atoms with van der Waals surface area (Å²) in [6.07, 6.45) is 5.18. The summed E-state index contributed by atoms with van der Waals surface area (Å²) in [5, 5.41) is 13.0. The molecule has 0 bridgehead atoms. The van der Waals surface area contributed by atoms with Crippen molar-refractivity contribution in [2.75, 3.05) is 5.32 Å². The normalized spacial score (nSPS) is 20.2.